The van der Waals surface area contributed by atoms with Crippen LogP contribution in [0.25, 0.3) is 0 Å². The van der Waals surface area contributed by atoms with Crippen LogP contribution >= 0.6 is 0 Å². The zero-order valence-electron chi connectivity index (χ0n) is 14.8. The molecule has 5 fully saturated rings. The molecule has 5 aliphatic rings. The first-order valence-electron chi connectivity index (χ1n) is 9.79. The van der Waals surface area contributed by atoms with Gasteiger partial charge < -0.3 is 19.3 Å². The third-order valence-corrected chi connectivity index (χ3v) is 7.29. The van der Waals surface area contributed by atoms with E-state index in [9.17, 15) is 4.79 Å². The Bertz CT molecular complexity index is 513. The summed E-state index contributed by atoms with van der Waals surface area (Å²) in [5.41, 5.74) is 0.272. The first-order valence-corrected chi connectivity index (χ1v) is 9.79. The van der Waals surface area contributed by atoms with Crippen LogP contribution in [0.15, 0.2) is 0 Å². The van der Waals surface area contributed by atoms with Crippen molar-refractivity contribution in [1.82, 2.24) is 9.80 Å². The fraction of sp³-hybridized carbons (Fsp3) is 0.947. The lowest BCUT2D eigenvalue weighted by atomic mass is 9.77. The molecule has 5 rings (SSSR count). The highest BCUT2D eigenvalue weighted by atomic mass is 16.5. The van der Waals surface area contributed by atoms with Crippen molar-refractivity contribution in [3.63, 3.8) is 0 Å². The molecule has 24 heavy (non-hydrogen) atoms. The summed E-state index contributed by atoms with van der Waals surface area (Å²) < 4.78 is 11.5. The number of nitrogens with zero attached hydrogens (tertiary/aromatic N) is 2. The Labute approximate surface area is 144 Å². The molecule has 1 amide bonds. The lowest BCUT2D eigenvalue weighted by Crippen LogP contribution is -2.39. The Hall–Kier alpha value is -0.650. The van der Waals surface area contributed by atoms with Gasteiger partial charge >= 0.3 is 0 Å². The lowest BCUT2D eigenvalue weighted by molar-refractivity contribution is -0.133. The van der Waals surface area contributed by atoms with E-state index in [0.29, 0.717) is 23.7 Å². The van der Waals surface area contributed by atoms with Crippen molar-refractivity contribution >= 4 is 5.91 Å². The van der Waals surface area contributed by atoms with Crippen LogP contribution in [0.4, 0.5) is 0 Å². The summed E-state index contributed by atoms with van der Waals surface area (Å²) in [5, 5.41) is 0. The summed E-state index contributed by atoms with van der Waals surface area (Å²) in [5.74, 6) is 3.16. The molecule has 5 heteroatoms. The van der Waals surface area contributed by atoms with Gasteiger partial charge in [-0.2, -0.15) is 0 Å². The molecule has 2 saturated carbocycles. The maximum absolute atomic E-state index is 12.9. The van der Waals surface area contributed by atoms with Gasteiger partial charge in [0.2, 0.25) is 5.91 Å². The zero-order chi connectivity index (χ0) is 16.3. The van der Waals surface area contributed by atoms with Gasteiger partial charge in [0, 0.05) is 50.0 Å². The molecule has 0 N–H and O–H groups in total. The van der Waals surface area contributed by atoms with Gasteiger partial charge in [-0.3, -0.25) is 4.79 Å². The number of amides is 1. The summed E-state index contributed by atoms with van der Waals surface area (Å²) in [4.78, 5) is 17.5. The molecule has 5 atom stereocenters. The minimum atomic E-state index is 0.272. The average molecular weight is 334 g/mol. The second-order valence-electron chi connectivity index (χ2n) is 9.14. The van der Waals surface area contributed by atoms with Gasteiger partial charge in [0.15, 0.2) is 0 Å². The van der Waals surface area contributed by atoms with Gasteiger partial charge in [0.1, 0.15) is 0 Å². The molecule has 0 aromatic carbocycles. The Kier molecular flexibility index (Phi) is 3.69. The second-order valence-corrected chi connectivity index (χ2v) is 9.14. The minimum absolute atomic E-state index is 0.272. The van der Waals surface area contributed by atoms with Gasteiger partial charge in [-0.15, -0.1) is 0 Å². The van der Waals surface area contributed by atoms with Crippen LogP contribution in [0, 0.1) is 35.0 Å². The van der Waals surface area contributed by atoms with Crippen LogP contribution in [-0.4, -0.2) is 75.4 Å². The summed E-state index contributed by atoms with van der Waals surface area (Å²) in [6, 6.07) is 0. The van der Waals surface area contributed by atoms with E-state index in [-0.39, 0.29) is 11.3 Å². The maximum atomic E-state index is 12.9. The monoisotopic (exact) mass is 334 g/mol. The molecule has 1 unspecified atom stereocenters. The molecule has 0 bridgehead atoms. The Balaban J connectivity index is 1.21. The molecule has 5 nitrogen and oxygen atoms in total. The Morgan fingerprint density at radius 3 is 2.75 bits per heavy atom. The normalized spacial score (nSPS) is 44.5. The van der Waals surface area contributed by atoms with E-state index in [1.165, 1.54) is 12.8 Å². The van der Waals surface area contributed by atoms with Crippen molar-refractivity contribution in [3.05, 3.63) is 0 Å². The molecule has 0 radical (unpaired) electrons. The highest BCUT2D eigenvalue weighted by molar-refractivity contribution is 5.83. The van der Waals surface area contributed by atoms with E-state index in [4.69, 9.17) is 9.47 Å². The average Bonchev–Trinajstić information content (AvgIpc) is 3.36. The summed E-state index contributed by atoms with van der Waals surface area (Å²) >= 11 is 0. The number of hydrogen-bond donors (Lipinski definition) is 0. The molecule has 2 aliphatic carbocycles. The molecule has 0 aromatic heterocycles. The fourth-order valence-corrected chi connectivity index (χ4v) is 5.56. The van der Waals surface area contributed by atoms with Crippen LogP contribution in [0.2, 0.25) is 0 Å². The van der Waals surface area contributed by atoms with Gasteiger partial charge in [0.05, 0.1) is 19.8 Å². The zero-order valence-corrected chi connectivity index (χ0v) is 14.8. The van der Waals surface area contributed by atoms with E-state index < -0.39 is 0 Å². The number of hydrogen-bond acceptors (Lipinski definition) is 4. The molecular formula is C19H30N2O3. The fourth-order valence-electron chi connectivity index (χ4n) is 5.56. The van der Waals surface area contributed by atoms with Gasteiger partial charge in [-0.1, -0.05) is 0 Å². The van der Waals surface area contributed by atoms with Crippen molar-refractivity contribution in [2.75, 3.05) is 59.7 Å². The summed E-state index contributed by atoms with van der Waals surface area (Å²) in [6.07, 6.45) is 3.86. The summed E-state index contributed by atoms with van der Waals surface area (Å²) in [6.45, 7) is 7.58. The quantitative estimate of drug-likeness (QED) is 0.755. The van der Waals surface area contributed by atoms with Crippen molar-refractivity contribution in [2.45, 2.75) is 19.3 Å². The number of ether oxygens (including phenoxy) is 2. The largest absolute Gasteiger partial charge is 0.381 e. The third kappa shape index (κ3) is 2.60. The summed E-state index contributed by atoms with van der Waals surface area (Å²) in [7, 11) is 2.22. The van der Waals surface area contributed by atoms with Crippen LogP contribution in [-0.2, 0) is 14.3 Å². The first kappa shape index (κ1) is 15.6. The Morgan fingerprint density at radius 1 is 1.21 bits per heavy atom. The number of carbonyl (C=O) groups excluding carboxylic acids is 1. The van der Waals surface area contributed by atoms with Crippen molar-refractivity contribution < 1.29 is 14.3 Å². The molecule has 1 spiro atoms. The topological polar surface area (TPSA) is 42.0 Å². The van der Waals surface area contributed by atoms with E-state index in [0.717, 1.165) is 64.9 Å². The van der Waals surface area contributed by atoms with Crippen molar-refractivity contribution in [2.24, 2.45) is 35.0 Å². The predicted octanol–water partition coefficient (Wildman–Crippen LogP) is 1.09. The van der Waals surface area contributed by atoms with Crippen molar-refractivity contribution in [3.8, 4) is 0 Å². The predicted molar refractivity (Wildman–Crippen MR) is 89.4 cm³/mol. The third-order valence-electron chi connectivity index (χ3n) is 7.29. The number of rotatable bonds is 5. The maximum Gasteiger partial charge on any atom is 0.226 e. The number of carbonyl (C=O) groups is 1. The van der Waals surface area contributed by atoms with Gasteiger partial charge in [-0.25, -0.2) is 0 Å². The van der Waals surface area contributed by atoms with E-state index in [1.807, 2.05) is 0 Å². The molecule has 3 heterocycles. The van der Waals surface area contributed by atoms with Gasteiger partial charge in [0.25, 0.3) is 0 Å². The van der Waals surface area contributed by atoms with E-state index >= 15 is 0 Å². The van der Waals surface area contributed by atoms with Crippen molar-refractivity contribution in [1.29, 1.82) is 0 Å². The Morgan fingerprint density at radius 2 is 2.00 bits per heavy atom. The highest BCUT2D eigenvalue weighted by Gasteiger charge is 2.60. The smallest absolute Gasteiger partial charge is 0.226 e. The van der Waals surface area contributed by atoms with Gasteiger partial charge in [-0.05, 0) is 44.1 Å². The van der Waals surface area contributed by atoms with E-state index in [2.05, 4.69) is 16.8 Å². The lowest BCUT2D eigenvalue weighted by Gasteiger charge is -2.30. The van der Waals surface area contributed by atoms with Crippen LogP contribution < -0.4 is 0 Å². The van der Waals surface area contributed by atoms with Crippen LogP contribution in [0.3, 0.4) is 0 Å². The molecular weight excluding hydrogens is 304 g/mol. The minimum Gasteiger partial charge on any atom is -0.381 e. The van der Waals surface area contributed by atoms with Crippen LogP contribution in [0.1, 0.15) is 19.3 Å². The molecule has 3 saturated heterocycles. The molecule has 3 aliphatic heterocycles. The number of likely N-dealkylation sites (tertiary alicyclic amines) is 2. The highest BCUT2D eigenvalue weighted by Crippen LogP contribution is 2.53. The molecule has 0 aromatic rings. The van der Waals surface area contributed by atoms with E-state index in [1.54, 1.807) is 0 Å². The first-order chi connectivity index (χ1) is 11.7. The molecule has 134 valence electrons. The SMILES string of the molecule is CN1C[C@@H](COCC2CC2)[C@]2(CCN(C(=O)C3[C@H]4COC[C@@H]34)C2)C1. The number of fused-ring (bicyclic) bond motifs is 1. The second kappa shape index (κ2) is 5.68. The standard InChI is InChI=1S/C19H30N2O3/c1-20-6-14(8-23-7-13-2-3-13)19(11-20)4-5-21(12-19)18(22)17-15-9-24-10-16(15)17/h13-17H,2-12H2,1H3/t14-,15-,16+,17?,19+/m0/s1. The van der Waals surface area contributed by atoms with Crippen LogP contribution in [0.5, 0.6) is 0 Å².